The number of aromatic nitrogens is 3. The Kier molecular flexibility index (Phi) is 4.18. The van der Waals surface area contributed by atoms with E-state index >= 15 is 0 Å². The summed E-state index contributed by atoms with van der Waals surface area (Å²) in [6, 6.07) is 19.0. The van der Waals surface area contributed by atoms with Gasteiger partial charge in [0.25, 0.3) is 5.91 Å². The fourth-order valence-electron chi connectivity index (χ4n) is 2.40. The Hall–Kier alpha value is -3.12. The standard InChI is InChI=1S/C19H14N4OS/c24-18(13-9-11-20-12-10-13)21-14-5-7-15(8-6-14)25-19-22-16-3-1-2-4-17(16)23-19/h1-12H,(H,21,24)(H,22,23). The molecule has 1 amide bonds. The molecule has 0 unspecified atom stereocenters. The highest BCUT2D eigenvalue weighted by Gasteiger charge is 2.07. The van der Waals surface area contributed by atoms with Gasteiger partial charge in [0.2, 0.25) is 0 Å². The van der Waals surface area contributed by atoms with Gasteiger partial charge in [-0.05, 0) is 48.5 Å². The van der Waals surface area contributed by atoms with Gasteiger partial charge < -0.3 is 10.3 Å². The Bertz CT molecular complexity index is 979. The number of amides is 1. The largest absolute Gasteiger partial charge is 0.333 e. The number of imidazole rings is 1. The zero-order valence-corrected chi connectivity index (χ0v) is 14.0. The van der Waals surface area contributed by atoms with Crippen LogP contribution in [0.5, 0.6) is 0 Å². The Morgan fingerprint density at radius 1 is 0.960 bits per heavy atom. The zero-order valence-electron chi connectivity index (χ0n) is 13.1. The molecule has 0 atom stereocenters. The summed E-state index contributed by atoms with van der Waals surface area (Å²) in [5.74, 6) is -0.153. The van der Waals surface area contributed by atoms with Gasteiger partial charge in [0, 0.05) is 28.5 Å². The lowest BCUT2D eigenvalue weighted by molar-refractivity contribution is 0.102. The molecule has 0 fully saturated rings. The average molecular weight is 346 g/mol. The molecule has 0 bridgehead atoms. The number of hydrogen-bond donors (Lipinski definition) is 2. The minimum Gasteiger partial charge on any atom is -0.333 e. The predicted molar refractivity (Wildman–Crippen MR) is 98.8 cm³/mol. The lowest BCUT2D eigenvalue weighted by atomic mass is 10.2. The van der Waals surface area contributed by atoms with Crippen LogP contribution in [-0.2, 0) is 0 Å². The molecule has 25 heavy (non-hydrogen) atoms. The summed E-state index contributed by atoms with van der Waals surface area (Å²) in [5, 5.41) is 3.71. The summed E-state index contributed by atoms with van der Waals surface area (Å²) >= 11 is 1.55. The summed E-state index contributed by atoms with van der Waals surface area (Å²) in [7, 11) is 0. The fraction of sp³-hybridized carbons (Fsp3) is 0. The van der Waals surface area contributed by atoms with Crippen LogP contribution in [0.15, 0.2) is 83.1 Å². The lowest BCUT2D eigenvalue weighted by Crippen LogP contribution is -2.11. The minimum atomic E-state index is -0.153. The molecule has 4 aromatic rings. The van der Waals surface area contributed by atoms with Crippen molar-refractivity contribution in [1.29, 1.82) is 0 Å². The number of anilines is 1. The van der Waals surface area contributed by atoms with Crippen LogP contribution in [0.3, 0.4) is 0 Å². The summed E-state index contributed by atoms with van der Waals surface area (Å²) < 4.78 is 0. The summed E-state index contributed by atoms with van der Waals surface area (Å²) in [4.78, 5) is 24.9. The minimum absolute atomic E-state index is 0.153. The number of pyridine rings is 1. The molecule has 4 rings (SSSR count). The maximum atomic E-state index is 12.1. The van der Waals surface area contributed by atoms with Gasteiger partial charge in [-0.2, -0.15) is 0 Å². The second-order valence-electron chi connectivity index (χ2n) is 5.38. The first kappa shape index (κ1) is 15.4. The molecule has 0 aliphatic carbocycles. The lowest BCUT2D eigenvalue weighted by Gasteiger charge is -2.06. The van der Waals surface area contributed by atoms with Crippen LogP contribution in [0.25, 0.3) is 11.0 Å². The third-order valence-corrected chi connectivity index (χ3v) is 4.53. The molecule has 2 N–H and O–H groups in total. The molecule has 0 radical (unpaired) electrons. The Labute approximate surface area is 148 Å². The number of nitrogens with zero attached hydrogens (tertiary/aromatic N) is 2. The van der Waals surface area contributed by atoms with Crippen LogP contribution in [-0.4, -0.2) is 20.9 Å². The van der Waals surface area contributed by atoms with Crippen LogP contribution in [0.1, 0.15) is 10.4 Å². The number of carbonyl (C=O) groups excluding carboxylic acids is 1. The molecule has 0 spiro atoms. The van der Waals surface area contributed by atoms with E-state index in [-0.39, 0.29) is 5.91 Å². The quantitative estimate of drug-likeness (QED) is 0.576. The monoisotopic (exact) mass is 346 g/mol. The van der Waals surface area contributed by atoms with E-state index in [0.29, 0.717) is 5.56 Å². The number of fused-ring (bicyclic) bond motifs is 1. The Morgan fingerprint density at radius 2 is 1.72 bits per heavy atom. The average Bonchev–Trinajstić information content (AvgIpc) is 3.06. The predicted octanol–water partition coefficient (Wildman–Crippen LogP) is 4.36. The Morgan fingerprint density at radius 3 is 2.48 bits per heavy atom. The molecule has 5 nitrogen and oxygen atoms in total. The molecular formula is C19H14N4OS. The number of para-hydroxylation sites is 2. The maximum absolute atomic E-state index is 12.1. The van der Waals surface area contributed by atoms with Gasteiger partial charge >= 0.3 is 0 Å². The molecule has 2 heterocycles. The summed E-state index contributed by atoms with van der Waals surface area (Å²) in [6.07, 6.45) is 3.20. The molecule has 122 valence electrons. The van der Waals surface area contributed by atoms with Gasteiger partial charge in [-0.3, -0.25) is 9.78 Å². The number of nitrogens with one attached hydrogen (secondary N) is 2. The van der Waals surface area contributed by atoms with Gasteiger partial charge in [0.05, 0.1) is 11.0 Å². The van der Waals surface area contributed by atoms with Gasteiger partial charge in [0.15, 0.2) is 5.16 Å². The number of benzene rings is 2. The number of hydrogen-bond acceptors (Lipinski definition) is 4. The van der Waals surface area contributed by atoms with Crippen molar-refractivity contribution in [2.24, 2.45) is 0 Å². The molecule has 6 heteroatoms. The van der Waals surface area contributed by atoms with Crippen LogP contribution < -0.4 is 5.32 Å². The van der Waals surface area contributed by atoms with Gasteiger partial charge in [-0.25, -0.2) is 4.98 Å². The van der Waals surface area contributed by atoms with Crippen molar-refractivity contribution in [2.45, 2.75) is 10.1 Å². The number of rotatable bonds is 4. The van der Waals surface area contributed by atoms with Crippen molar-refractivity contribution in [3.63, 3.8) is 0 Å². The first-order chi connectivity index (χ1) is 12.3. The van der Waals surface area contributed by atoms with Crippen LogP contribution >= 0.6 is 11.8 Å². The summed E-state index contributed by atoms with van der Waals surface area (Å²) in [5.41, 5.74) is 3.30. The third-order valence-electron chi connectivity index (χ3n) is 3.64. The van der Waals surface area contributed by atoms with Crippen molar-refractivity contribution in [1.82, 2.24) is 15.0 Å². The van der Waals surface area contributed by atoms with Gasteiger partial charge in [0.1, 0.15) is 0 Å². The first-order valence-corrected chi connectivity index (χ1v) is 8.54. The van der Waals surface area contributed by atoms with Crippen molar-refractivity contribution in [2.75, 3.05) is 5.32 Å². The SMILES string of the molecule is O=C(Nc1ccc(Sc2nc3ccccc3[nH]2)cc1)c1ccncc1. The molecule has 2 aromatic heterocycles. The van der Waals surface area contributed by atoms with E-state index in [2.05, 4.69) is 20.3 Å². The molecule has 0 aliphatic rings. The highest BCUT2D eigenvalue weighted by Crippen LogP contribution is 2.28. The topological polar surface area (TPSA) is 70.7 Å². The normalized spacial score (nSPS) is 10.7. The van der Waals surface area contributed by atoms with E-state index in [1.807, 2.05) is 48.5 Å². The fourth-order valence-corrected chi connectivity index (χ4v) is 3.20. The van der Waals surface area contributed by atoms with E-state index in [9.17, 15) is 4.79 Å². The molecule has 0 aliphatic heterocycles. The van der Waals surface area contributed by atoms with Crippen molar-refractivity contribution < 1.29 is 4.79 Å². The van der Waals surface area contributed by atoms with Crippen molar-refractivity contribution in [3.8, 4) is 0 Å². The smallest absolute Gasteiger partial charge is 0.255 e. The van der Waals surface area contributed by atoms with Gasteiger partial charge in [-0.1, -0.05) is 23.9 Å². The molecule has 0 saturated heterocycles. The second-order valence-corrected chi connectivity index (χ2v) is 6.44. The van der Waals surface area contributed by atoms with E-state index in [0.717, 1.165) is 26.8 Å². The number of carbonyl (C=O) groups is 1. The van der Waals surface area contributed by atoms with Crippen LogP contribution in [0.2, 0.25) is 0 Å². The number of aromatic amines is 1. The van der Waals surface area contributed by atoms with E-state index in [1.54, 1.807) is 36.3 Å². The molecular weight excluding hydrogens is 332 g/mol. The van der Waals surface area contributed by atoms with Crippen LogP contribution in [0, 0.1) is 0 Å². The van der Waals surface area contributed by atoms with Crippen molar-refractivity contribution >= 4 is 34.4 Å². The van der Waals surface area contributed by atoms with E-state index < -0.39 is 0 Å². The zero-order chi connectivity index (χ0) is 17.1. The number of H-pyrrole nitrogens is 1. The third kappa shape index (κ3) is 3.54. The van der Waals surface area contributed by atoms with Crippen molar-refractivity contribution in [3.05, 3.63) is 78.6 Å². The second kappa shape index (κ2) is 6.78. The molecule has 0 saturated carbocycles. The van der Waals surface area contributed by atoms with E-state index in [4.69, 9.17) is 0 Å². The highest BCUT2D eigenvalue weighted by molar-refractivity contribution is 7.99. The maximum Gasteiger partial charge on any atom is 0.255 e. The van der Waals surface area contributed by atoms with Gasteiger partial charge in [-0.15, -0.1) is 0 Å². The Balaban J connectivity index is 1.45. The van der Waals surface area contributed by atoms with E-state index in [1.165, 1.54) is 0 Å². The summed E-state index contributed by atoms with van der Waals surface area (Å²) in [6.45, 7) is 0. The highest BCUT2D eigenvalue weighted by atomic mass is 32.2. The van der Waals surface area contributed by atoms with Crippen LogP contribution in [0.4, 0.5) is 5.69 Å². The first-order valence-electron chi connectivity index (χ1n) is 7.72. The molecule has 2 aromatic carbocycles.